The molecule has 5 heteroatoms. The minimum absolute atomic E-state index is 0.0487. The SMILES string of the molecule is CCC(CC)C(O)CNC(=O)c1cc(C(C)=O)cs1. The van der Waals surface area contributed by atoms with Gasteiger partial charge in [-0.1, -0.05) is 26.7 Å². The van der Waals surface area contributed by atoms with Gasteiger partial charge in [0.1, 0.15) is 0 Å². The molecule has 19 heavy (non-hydrogen) atoms. The first kappa shape index (κ1) is 15.9. The summed E-state index contributed by atoms with van der Waals surface area (Å²) in [6, 6.07) is 1.59. The Morgan fingerprint density at radius 3 is 2.47 bits per heavy atom. The fourth-order valence-corrected chi connectivity index (χ4v) is 2.79. The van der Waals surface area contributed by atoms with Crippen molar-refractivity contribution in [2.24, 2.45) is 5.92 Å². The number of ketones is 1. The fourth-order valence-electron chi connectivity index (χ4n) is 1.92. The Bertz CT molecular complexity index is 438. The summed E-state index contributed by atoms with van der Waals surface area (Å²) >= 11 is 1.24. The molecule has 1 amide bonds. The predicted octanol–water partition coefficient (Wildman–Crippen LogP) is 2.48. The Kier molecular flexibility index (Phi) is 6.18. The highest BCUT2D eigenvalue weighted by atomic mass is 32.1. The Morgan fingerprint density at radius 2 is 2.00 bits per heavy atom. The van der Waals surface area contributed by atoms with E-state index >= 15 is 0 Å². The van der Waals surface area contributed by atoms with Gasteiger partial charge in [0.25, 0.3) is 5.91 Å². The van der Waals surface area contributed by atoms with Gasteiger partial charge in [-0.05, 0) is 18.9 Å². The minimum Gasteiger partial charge on any atom is -0.391 e. The van der Waals surface area contributed by atoms with Crippen LogP contribution in [0.3, 0.4) is 0 Å². The van der Waals surface area contributed by atoms with Gasteiger partial charge in [-0.2, -0.15) is 0 Å². The zero-order chi connectivity index (χ0) is 14.4. The predicted molar refractivity (Wildman–Crippen MR) is 76.7 cm³/mol. The average Bonchev–Trinajstić information content (AvgIpc) is 2.87. The number of amides is 1. The summed E-state index contributed by atoms with van der Waals surface area (Å²) in [7, 11) is 0. The Hall–Kier alpha value is -1.20. The maximum Gasteiger partial charge on any atom is 0.261 e. The molecule has 1 aromatic rings. The summed E-state index contributed by atoms with van der Waals surface area (Å²) in [6.07, 6.45) is 1.26. The maximum atomic E-state index is 11.9. The third kappa shape index (κ3) is 4.44. The maximum absolute atomic E-state index is 11.9. The minimum atomic E-state index is -0.522. The lowest BCUT2D eigenvalue weighted by Crippen LogP contribution is -2.35. The Morgan fingerprint density at radius 1 is 1.37 bits per heavy atom. The van der Waals surface area contributed by atoms with Crippen LogP contribution in [0.25, 0.3) is 0 Å². The van der Waals surface area contributed by atoms with Gasteiger partial charge in [-0.15, -0.1) is 11.3 Å². The van der Waals surface area contributed by atoms with Crippen LogP contribution < -0.4 is 5.32 Å². The quantitative estimate of drug-likeness (QED) is 0.755. The van der Waals surface area contributed by atoms with Gasteiger partial charge in [0.2, 0.25) is 0 Å². The topological polar surface area (TPSA) is 66.4 Å². The first-order chi connectivity index (χ1) is 8.99. The fraction of sp³-hybridized carbons (Fsp3) is 0.571. The lowest BCUT2D eigenvalue weighted by molar-refractivity contribution is 0.0819. The number of thiophene rings is 1. The first-order valence-electron chi connectivity index (χ1n) is 6.55. The van der Waals surface area contributed by atoms with Crippen LogP contribution in [-0.4, -0.2) is 29.4 Å². The molecule has 0 fully saturated rings. The third-order valence-corrected chi connectivity index (χ3v) is 4.22. The number of hydrogen-bond acceptors (Lipinski definition) is 4. The Labute approximate surface area is 117 Å². The molecule has 1 unspecified atom stereocenters. The van der Waals surface area contributed by atoms with Crippen LogP contribution in [0.15, 0.2) is 11.4 Å². The molecule has 4 nitrogen and oxygen atoms in total. The number of aliphatic hydroxyl groups is 1. The lowest BCUT2D eigenvalue weighted by atomic mass is 9.96. The molecule has 0 aliphatic carbocycles. The molecule has 1 atom stereocenters. The van der Waals surface area contributed by atoms with Crippen molar-refractivity contribution in [1.82, 2.24) is 5.32 Å². The number of Topliss-reactive ketones (excluding diaryl/α,β-unsaturated/α-hetero) is 1. The second-order valence-corrected chi connectivity index (χ2v) is 5.52. The highest BCUT2D eigenvalue weighted by Crippen LogP contribution is 2.16. The summed E-state index contributed by atoms with van der Waals surface area (Å²) in [5.41, 5.74) is 0.552. The van der Waals surface area contributed by atoms with Gasteiger partial charge in [-0.3, -0.25) is 9.59 Å². The van der Waals surface area contributed by atoms with Crippen LogP contribution in [0.4, 0.5) is 0 Å². The van der Waals surface area contributed by atoms with Crippen molar-refractivity contribution in [3.63, 3.8) is 0 Å². The van der Waals surface area contributed by atoms with E-state index in [0.717, 1.165) is 12.8 Å². The van der Waals surface area contributed by atoms with E-state index in [1.54, 1.807) is 11.4 Å². The zero-order valence-electron chi connectivity index (χ0n) is 11.6. The van der Waals surface area contributed by atoms with E-state index in [9.17, 15) is 14.7 Å². The highest BCUT2D eigenvalue weighted by molar-refractivity contribution is 7.12. The van der Waals surface area contributed by atoms with Gasteiger partial charge >= 0.3 is 0 Å². The largest absolute Gasteiger partial charge is 0.391 e. The van der Waals surface area contributed by atoms with Gasteiger partial charge in [-0.25, -0.2) is 0 Å². The monoisotopic (exact) mass is 283 g/mol. The van der Waals surface area contributed by atoms with E-state index in [4.69, 9.17) is 0 Å². The van der Waals surface area contributed by atoms with E-state index in [1.165, 1.54) is 18.3 Å². The van der Waals surface area contributed by atoms with Gasteiger partial charge in [0.05, 0.1) is 11.0 Å². The molecule has 0 aromatic carbocycles. The third-order valence-electron chi connectivity index (χ3n) is 3.29. The van der Waals surface area contributed by atoms with E-state index in [1.807, 2.05) is 13.8 Å². The molecule has 0 aliphatic rings. The summed E-state index contributed by atoms with van der Waals surface area (Å²) in [5, 5.41) is 14.3. The second kappa shape index (κ2) is 7.40. The molecule has 0 aliphatic heterocycles. The van der Waals surface area contributed by atoms with Crippen LogP contribution in [0, 0.1) is 5.92 Å². The molecule has 0 saturated heterocycles. The molecule has 106 valence electrons. The lowest BCUT2D eigenvalue weighted by Gasteiger charge is -2.20. The molecule has 0 bridgehead atoms. The number of carbonyl (C=O) groups excluding carboxylic acids is 2. The van der Waals surface area contributed by atoms with Crippen LogP contribution >= 0.6 is 11.3 Å². The molecule has 2 N–H and O–H groups in total. The molecular weight excluding hydrogens is 262 g/mol. The van der Waals surface area contributed by atoms with E-state index in [0.29, 0.717) is 10.4 Å². The van der Waals surface area contributed by atoms with Crippen molar-refractivity contribution in [2.75, 3.05) is 6.54 Å². The van der Waals surface area contributed by atoms with Crippen molar-refractivity contribution in [3.8, 4) is 0 Å². The normalized spacial score (nSPS) is 12.5. The van der Waals surface area contributed by atoms with Crippen molar-refractivity contribution < 1.29 is 14.7 Å². The summed E-state index contributed by atoms with van der Waals surface area (Å²) < 4.78 is 0. The number of hydrogen-bond donors (Lipinski definition) is 2. The van der Waals surface area contributed by atoms with E-state index < -0.39 is 6.10 Å². The summed E-state index contributed by atoms with van der Waals surface area (Å²) in [6.45, 7) is 5.77. The molecule has 0 radical (unpaired) electrons. The summed E-state index contributed by atoms with van der Waals surface area (Å²) in [4.78, 5) is 23.5. The summed E-state index contributed by atoms with van der Waals surface area (Å²) in [5.74, 6) is -0.0775. The molecule has 1 heterocycles. The number of aliphatic hydroxyl groups excluding tert-OH is 1. The van der Waals surface area contributed by atoms with Crippen LogP contribution in [-0.2, 0) is 0 Å². The average molecular weight is 283 g/mol. The standard InChI is InChI=1S/C14H21NO3S/c1-4-10(5-2)12(17)7-15-14(18)13-6-11(8-19-13)9(3)16/h6,8,10,12,17H,4-5,7H2,1-3H3,(H,15,18). The van der Waals surface area contributed by atoms with Crippen LogP contribution in [0.5, 0.6) is 0 Å². The molecule has 1 aromatic heterocycles. The van der Waals surface area contributed by atoms with Crippen molar-refractivity contribution in [3.05, 3.63) is 21.9 Å². The number of nitrogens with one attached hydrogen (secondary N) is 1. The van der Waals surface area contributed by atoms with Gasteiger partial charge in [0, 0.05) is 17.5 Å². The van der Waals surface area contributed by atoms with Crippen molar-refractivity contribution in [1.29, 1.82) is 0 Å². The van der Waals surface area contributed by atoms with E-state index in [2.05, 4.69) is 5.32 Å². The van der Waals surface area contributed by atoms with Crippen molar-refractivity contribution >= 4 is 23.0 Å². The highest BCUT2D eigenvalue weighted by Gasteiger charge is 2.17. The van der Waals surface area contributed by atoms with Crippen molar-refractivity contribution in [2.45, 2.75) is 39.7 Å². The van der Waals surface area contributed by atoms with E-state index in [-0.39, 0.29) is 24.2 Å². The molecule has 0 saturated carbocycles. The van der Waals surface area contributed by atoms with Crippen LogP contribution in [0.1, 0.15) is 53.6 Å². The van der Waals surface area contributed by atoms with Crippen LogP contribution in [0.2, 0.25) is 0 Å². The molecule has 1 rings (SSSR count). The smallest absolute Gasteiger partial charge is 0.261 e. The zero-order valence-corrected chi connectivity index (χ0v) is 12.4. The molecular formula is C14H21NO3S. The number of carbonyl (C=O) groups is 2. The van der Waals surface area contributed by atoms with Gasteiger partial charge in [0.15, 0.2) is 5.78 Å². The number of rotatable bonds is 7. The molecule has 0 spiro atoms. The Balaban J connectivity index is 2.53. The first-order valence-corrected chi connectivity index (χ1v) is 7.43. The second-order valence-electron chi connectivity index (χ2n) is 4.61. The van der Waals surface area contributed by atoms with Gasteiger partial charge < -0.3 is 10.4 Å².